The Kier molecular flexibility index (Phi) is 4.11. The second kappa shape index (κ2) is 5.67. The lowest BCUT2D eigenvalue weighted by molar-refractivity contribution is -0.137. The molecule has 21 heavy (non-hydrogen) atoms. The Balaban J connectivity index is 2.30. The molecule has 2 rings (SSSR count). The number of alkyl halides is 5. The first kappa shape index (κ1) is 15.2. The molecule has 0 bridgehead atoms. The first-order valence-electron chi connectivity index (χ1n) is 5.86. The molecule has 0 fully saturated rings. The maximum absolute atomic E-state index is 12.5. The van der Waals surface area contributed by atoms with Crippen LogP contribution in [0.5, 0.6) is 5.88 Å². The lowest BCUT2D eigenvalue weighted by Gasteiger charge is -2.10. The van der Waals surface area contributed by atoms with Crippen LogP contribution in [0.25, 0.3) is 11.1 Å². The van der Waals surface area contributed by atoms with Gasteiger partial charge >= 0.3 is 12.8 Å². The van der Waals surface area contributed by atoms with Crippen LogP contribution in [-0.2, 0) is 6.18 Å². The van der Waals surface area contributed by atoms with Crippen molar-refractivity contribution in [2.75, 3.05) is 0 Å². The molecule has 1 aromatic heterocycles. The van der Waals surface area contributed by atoms with Gasteiger partial charge in [0.1, 0.15) is 0 Å². The molecule has 0 atom stereocenters. The monoisotopic (exact) mass is 303 g/mol. The minimum absolute atomic E-state index is 0.238. The summed E-state index contributed by atoms with van der Waals surface area (Å²) < 4.78 is 65.7. The number of hydrogen-bond acceptors (Lipinski definition) is 2. The van der Waals surface area contributed by atoms with Crippen LogP contribution >= 0.6 is 0 Å². The minimum atomic E-state index is -4.40. The van der Waals surface area contributed by atoms with Gasteiger partial charge in [-0.2, -0.15) is 22.0 Å². The molecule has 0 spiro atoms. The van der Waals surface area contributed by atoms with Gasteiger partial charge in [0, 0.05) is 17.8 Å². The normalized spacial score (nSPS) is 11.8. The third-order valence-electron chi connectivity index (χ3n) is 2.82. The molecule has 0 aliphatic rings. The summed E-state index contributed by atoms with van der Waals surface area (Å²) >= 11 is 0. The van der Waals surface area contributed by atoms with Crippen LogP contribution in [0.1, 0.15) is 11.1 Å². The molecule has 0 radical (unpaired) electrons. The van der Waals surface area contributed by atoms with E-state index in [0.717, 1.165) is 12.1 Å². The molecule has 0 unspecified atom stereocenters. The van der Waals surface area contributed by atoms with Crippen molar-refractivity contribution >= 4 is 0 Å². The number of hydrogen-bond donors (Lipinski definition) is 0. The lowest BCUT2D eigenvalue weighted by Crippen LogP contribution is -2.05. The van der Waals surface area contributed by atoms with E-state index in [1.807, 2.05) is 0 Å². The summed E-state index contributed by atoms with van der Waals surface area (Å²) in [6.07, 6.45) is -3.11. The average molecular weight is 303 g/mol. The number of rotatable bonds is 3. The number of pyridine rings is 1. The highest BCUT2D eigenvalue weighted by atomic mass is 19.4. The van der Waals surface area contributed by atoms with E-state index >= 15 is 0 Å². The van der Waals surface area contributed by atoms with E-state index in [1.54, 1.807) is 6.92 Å². The molecule has 0 saturated carbocycles. The van der Waals surface area contributed by atoms with Crippen molar-refractivity contribution < 1.29 is 26.7 Å². The van der Waals surface area contributed by atoms with Gasteiger partial charge in [-0.1, -0.05) is 12.1 Å². The Morgan fingerprint density at radius 3 is 2.19 bits per heavy atom. The fourth-order valence-electron chi connectivity index (χ4n) is 1.83. The summed E-state index contributed by atoms with van der Waals surface area (Å²) in [6.45, 7) is -1.35. The summed E-state index contributed by atoms with van der Waals surface area (Å²) in [5.41, 5.74) is 0.872. The van der Waals surface area contributed by atoms with E-state index in [1.165, 1.54) is 24.4 Å². The van der Waals surface area contributed by atoms with Gasteiger partial charge in [-0.15, -0.1) is 0 Å². The predicted octanol–water partition coefficient (Wildman–Crippen LogP) is 4.68. The molecule has 1 heterocycles. The Labute approximate surface area is 117 Å². The Morgan fingerprint density at radius 2 is 1.71 bits per heavy atom. The number of aromatic nitrogens is 1. The van der Waals surface area contributed by atoms with Crippen molar-refractivity contribution in [3.63, 3.8) is 0 Å². The van der Waals surface area contributed by atoms with E-state index in [-0.39, 0.29) is 5.88 Å². The number of halogens is 5. The lowest BCUT2D eigenvalue weighted by atomic mass is 10.0. The first-order chi connectivity index (χ1) is 9.77. The smallest absolute Gasteiger partial charge is 0.416 e. The molecular weight excluding hydrogens is 293 g/mol. The Hall–Kier alpha value is -2.18. The van der Waals surface area contributed by atoms with E-state index in [9.17, 15) is 22.0 Å². The van der Waals surface area contributed by atoms with Gasteiger partial charge in [-0.05, 0) is 30.2 Å². The number of aryl methyl sites for hydroxylation is 1. The maximum atomic E-state index is 12.5. The van der Waals surface area contributed by atoms with Gasteiger partial charge < -0.3 is 4.74 Å². The molecule has 2 nitrogen and oxygen atoms in total. The van der Waals surface area contributed by atoms with E-state index < -0.39 is 18.4 Å². The van der Waals surface area contributed by atoms with Crippen molar-refractivity contribution in [1.82, 2.24) is 4.98 Å². The van der Waals surface area contributed by atoms with Crippen LogP contribution in [0.2, 0.25) is 0 Å². The topological polar surface area (TPSA) is 22.1 Å². The van der Waals surface area contributed by atoms with Gasteiger partial charge in [-0.3, -0.25) is 0 Å². The number of nitrogens with zero attached hydrogens (tertiary/aromatic N) is 1. The Morgan fingerprint density at radius 1 is 1.10 bits per heavy atom. The van der Waals surface area contributed by atoms with Gasteiger partial charge in [0.15, 0.2) is 0 Å². The van der Waals surface area contributed by atoms with Gasteiger partial charge in [0.2, 0.25) is 5.88 Å². The van der Waals surface area contributed by atoms with Crippen molar-refractivity contribution in [3.05, 3.63) is 47.7 Å². The molecule has 0 aliphatic carbocycles. The summed E-state index contributed by atoms with van der Waals surface area (Å²) in [5, 5.41) is 0. The van der Waals surface area contributed by atoms with Crippen molar-refractivity contribution in [1.29, 1.82) is 0 Å². The van der Waals surface area contributed by atoms with Crippen molar-refractivity contribution in [3.8, 4) is 17.0 Å². The fraction of sp³-hybridized carbons (Fsp3) is 0.214. The van der Waals surface area contributed by atoms with Crippen LogP contribution in [0.4, 0.5) is 22.0 Å². The second-order valence-electron chi connectivity index (χ2n) is 4.29. The SMILES string of the molecule is Cc1cc(OC(F)F)ncc1-c1ccc(C(F)(F)F)cc1. The second-order valence-corrected chi connectivity index (χ2v) is 4.29. The van der Waals surface area contributed by atoms with Crippen molar-refractivity contribution in [2.24, 2.45) is 0 Å². The molecule has 0 saturated heterocycles. The average Bonchev–Trinajstić information content (AvgIpc) is 2.37. The van der Waals surface area contributed by atoms with Crippen LogP contribution in [0.3, 0.4) is 0 Å². The Bertz CT molecular complexity index is 622. The summed E-state index contributed by atoms with van der Waals surface area (Å²) in [5.74, 6) is -0.238. The molecule has 2 aromatic rings. The fourth-order valence-corrected chi connectivity index (χ4v) is 1.83. The zero-order valence-corrected chi connectivity index (χ0v) is 10.8. The highest BCUT2D eigenvalue weighted by Crippen LogP contribution is 2.32. The summed E-state index contributed by atoms with van der Waals surface area (Å²) in [7, 11) is 0. The molecule has 0 aliphatic heterocycles. The van der Waals surface area contributed by atoms with Gasteiger partial charge in [0.05, 0.1) is 5.56 Å². The largest absolute Gasteiger partial charge is 0.417 e. The quantitative estimate of drug-likeness (QED) is 0.768. The highest BCUT2D eigenvalue weighted by molar-refractivity contribution is 5.67. The molecule has 0 N–H and O–H groups in total. The standard InChI is InChI=1S/C14H10F5NO/c1-8-6-12(21-13(15)16)20-7-11(8)9-2-4-10(5-3-9)14(17,18)19/h2-7,13H,1H3. The van der Waals surface area contributed by atoms with Gasteiger partial charge in [0.25, 0.3) is 0 Å². The zero-order valence-electron chi connectivity index (χ0n) is 10.8. The maximum Gasteiger partial charge on any atom is 0.416 e. The number of ether oxygens (including phenoxy) is 1. The van der Waals surface area contributed by atoms with Crippen LogP contribution in [-0.4, -0.2) is 11.6 Å². The third kappa shape index (κ3) is 3.68. The van der Waals surface area contributed by atoms with Crippen LogP contribution in [0.15, 0.2) is 36.5 Å². The summed E-state index contributed by atoms with van der Waals surface area (Å²) in [4.78, 5) is 3.70. The highest BCUT2D eigenvalue weighted by Gasteiger charge is 2.30. The molecular formula is C14H10F5NO. The van der Waals surface area contributed by atoms with Crippen LogP contribution in [0, 0.1) is 6.92 Å². The summed E-state index contributed by atoms with van der Waals surface area (Å²) in [6, 6.07) is 5.83. The zero-order chi connectivity index (χ0) is 15.6. The molecule has 112 valence electrons. The van der Waals surface area contributed by atoms with Crippen molar-refractivity contribution in [2.45, 2.75) is 19.7 Å². The predicted molar refractivity (Wildman–Crippen MR) is 66.0 cm³/mol. The molecule has 0 amide bonds. The third-order valence-corrected chi connectivity index (χ3v) is 2.82. The minimum Gasteiger partial charge on any atom is -0.417 e. The molecule has 1 aromatic carbocycles. The van der Waals surface area contributed by atoms with E-state index in [4.69, 9.17) is 0 Å². The van der Waals surface area contributed by atoms with E-state index in [2.05, 4.69) is 9.72 Å². The first-order valence-corrected chi connectivity index (χ1v) is 5.86. The van der Waals surface area contributed by atoms with Crippen LogP contribution < -0.4 is 4.74 Å². The number of benzene rings is 1. The molecule has 7 heteroatoms. The van der Waals surface area contributed by atoms with Gasteiger partial charge in [-0.25, -0.2) is 4.98 Å². The van der Waals surface area contributed by atoms with E-state index in [0.29, 0.717) is 16.7 Å².